The number of phenols is 1. The largest absolute Gasteiger partial charge is 0.508 e. The van der Waals surface area contributed by atoms with E-state index >= 15 is 0 Å². The Morgan fingerprint density at radius 1 is 1.39 bits per heavy atom. The molecule has 0 aromatic heterocycles. The lowest BCUT2D eigenvalue weighted by Gasteiger charge is -2.22. The van der Waals surface area contributed by atoms with Crippen LogP contribution in [-0.4, -0.2) is 48.1 Å². The predicted molar refractivity (Wildman–Crippen MR) is 70.0 cm³/mol. The van der Waals surface area contributed by atoms with E-state index in [0.29, 0.717) is 24.1 Å². The molecule has 3 nitrogen and oxygen atoms in total. The molecule has 1 aliphatic heterocycles. The Morgan fingerprint density at radius 2 is 2.11 bits per heavy atom. The molecule has 1 aliphatic rings. The lowest BCUT2D eigenvalue weighted by atomic mass is 10.1. The van der Waals surface area contributed by atoms with Gasteiger partial charge in [0.2, 0.25) is 0 Å². The normalized spacial score (nSPS) is 24.9. The zero-order valence-electron chi connectivity index (χ0n) is 11.2. The number of hydrogen-bond acceptors (Lipinski definition) is 3. The summed E-state index contributed by atoms with van der Waals surface area (Å²) in [6.07, 6.45) is 0. The molecular weight excluding hydrogens is 231 g/mol. The highest BCUT2D eigenvalue weighted by Gasteiger charge is 2.31. The molecule has 1 saturated heterocycles. The Bertz CT molecular complexity index is 422. The van der Waals surface area contributed by atoms with E-state index in [1.165, 1.54) is 18.2 Å². The van der Waals surface area contributed by atoms with Gasteiger partial charge in [-0.2, -0.15) is 0 Å². The molecule has 2 unspecified atom stereocenters. The Labute approximate surface area is 108 Å². The lowest BCUT2D eigenvalue weighted by molar-refractivity contribution is 0.249. The maximum atomic E-state index is 13.2. The molecule has 0 radical (unpaired) electrons. The Hall–Kier alpha value is -1.13. The van der Waals surface area contributed by atoms with E-state index < -0.39 is 0 Å². The highest BCUT2D eigenvalue weighted by Crippen LogP contribution is 2.25. The molecule has 18 heavy (non-hydrogen) atoms. The second kappa shape index (κ2) is 5.24. The van der Waals surface area contributed by atoms with Crippen LogP contribution in [0.25, 0.3) is 0 Å². The molecule has 1 heterocycles. The van der Waals surface area contributed by atoms with Gasteiger partial charge in [0.05, 0.1) is 0 Å². The average Bonchev–Trinajstić information content (AvgIpc) is 2.65. The van der Waals surface area contributed by atoms with Crippen LogP contribution in [0.3, 0.4) is 0 Å². The van der Waals surface area contributed by atoms with Gasteiger partial charge in [0, 0.05) is 31.2 Å². The summed E-state index contributed by atoms with van der Waals surface area (Å²) in [6, 6.07) is 4.66. The number of likely N-dealkylation sites (N-methyl/N-ethyl adjacent to an activating group) is 1. The molecule has 1 aromatic carbocycles. The van der Waals surface area contributed by atoms with E-state index in [2.05, 4.69) is 30.8 Å². The first-order valence-corrected chi connectivity index (χ1v) is 6.33. The number of halogens is 1. The second-order valence-electron chi connectivity index (χ2n) is 5.48. The number of rotatable bonds is 3. The molecule has 100 valence electrons. The van der Waals surface area contributed by atoms with Crippen LogP contribution in [0.5, 0.6) is 5.75 Å². The molecule has 2 rings (SSSR count). The van der Waals surface area contributed by atoms with Crippen LogP contribution in [0.2, 0.25) is 0 Å². The molecular formula is C14H21FN2O. The van der Waals surface area contributed by atoms with Crippen molar-refractivity contribution < 1.29 is 9.50 Å². The minimum absolute atomic E-state index is 0.178. The third kappa shape index (κ3) is 2.82. The third-order valence-electron chi connectivity index (χ3n) is 3.75. The van der Waals surface area contributed by atoms with Crippen molar-refractivity contribution in [1.82, 2.24) is 9.80 Å². The summed E-state index contributed by atoms with van der Waals surface area (Å²) in [7, 11) is 4.18. The van der Waals surface area contributed by atoms with Crippen LogP contribution < -0.4 is 0 Å². The van der Waals surface area contributed by atoms with Crippen LogP contribution >= 0.6 is 0 Å². The van der Waals surface area contributed by atoms with E-state index in [-0.39, 0.29) is 11.6 Å². The zero-order chi connectivity index (χ0) is 13.3. The molecule has 1 aromatic rings. The predicted octanol–water partition coefficient (Wildman–Crippen LogP) is 1.91. The third-order valence-corrected chi connectivity index (χ3v) is 3.75. The summed E-state index contributed by atoms with van der Waals surface area (Å²) < 4.78 is 13.2. The summed E-state index contributed by atoms with van der Waals surface area (Å²) in [6.45, 7) is 4.79. The smallest absolute Gasteiger partial charge is 0.123 e. The molecule has 1 fully saturated rings. The highest BCUT2D eigenvalue weighted by molar-refractivity contribution is 5.32. The molecule has 0 amide bonds. The quantitative estimate of drug-likeness (QED) is 0.890. The van der Waals surface area contributed by atoms with E-state index in [0.717, 1.165) is 13.1 Å². The standard InChI is InChI=1S/C14H21FN2O/c1-10-7-17(9-13(10)16(2)3)8-11-6-12(15)4-5-14(11)18/h4-6,10,13,18H,7-9H2,1-3H3. The van der Waals surface area contributed by atoms with Crippen molar-refractivity contribution in [3.05, 3.63) is 29.6 Å². The van der Waals surface area contributed by atoms with Crippen LogP contribution in [0, 0.1) is 11.7 Å². The Morgan fingerprint density at radius 3 is 2.72 bits per heavy atom. The molecule has 0 aliphatic carbocycles. The monoisotopic (exact) mass is 252 g/mol. The molecule has 2 atom stereocenters. The lowest BCUT2D eigenvalue weighted by Crippen LogP contribution is -2.34. The number of aromatic hydroxyl groups is 1. The molecule has 1 N–H and O–H groups in total. The van der Waals surface area contributed by atoms with Crippen LogP contribution in [0.15, 0.2) is 18.2 Å². The van der Waals surface area contributed by atoms with Gasteiger partial charge in [-0.1, -0.05) is 6.92 Å². The molecule has 0 saturated carbocycles. The van der Waals surface area contributed by atoms with Crippen molar-refractivity contribution in [2.24, 2.45) is 5.92 Å². The molecule has 0 spiro atoms. The van der Waals surface area contributed by atoms with Gasteiger partial charge in [-0.05, 0) is 38.2 Å². The van der Waals surface area contributed by atoms with Crippen molar-refractivity contribution >= 4 is 0 Å². The number of phenolic OH excluding ortho intramolecular Hbond substituents is 1. The Balaban J connectivity index is 2.05. The fourth-order valence-electron chi connectivity index (χ4n) is 2.77. The minimum Gasteiger partial charge on any atom is -0.508 e. The SMILES string of the molecule is CC1CN(Cc2cc(F)ccc2O)CC1N(C)C. The topological polar surface area (TPSA) is 26.7 Å². The van der Waals surface area contributed by atoms with Gasteiger partial charge < -0.3 is 10.0 Å². The van der Waals surface area contributed by atoms with Crippen LogP contribution in [-0.2, 0) is 6.54 Å². The number of benzene rings is 1. The first-order chi connectivity index (χ1) is 8.47. The number of likely N-dealkylation sites (tertiary alicyclic amines) is 1. The summed E-state index contributed by atoms with van der Waals surface area (Å²) in [5, 5.41) is 9.73. The van der Waals surface area contributed by atoms with Gasteiger partial charge in [0.25, 0.3) is 0 Å². The first-order valence-electron chi connectivity index (χ1n) is 6.33. The van der Waals surface area contributed by atoms with E-state index in [4.69, 9.17) is 0 Å². The van der Waals surface area contributed by atoms with Gasteiger partial charge in [-0.3, -0.25) is 4.90 Å². The van der Waals surface area contributed by atoms with Crippen LogP contribution in [0.4, 0.5) is 4.39 Å². The van der Waals surface area contributed by atoms with Crippen molar-refractivity contribution in [2.45, 2.75) is 19.5 Å². The van der Waals surface area contributed by atoms with Crippen molar-refractivity contribution in [2.75, 3.05) is 27.2 Å². The fourth-order valence-corrected chi connectivity index (χ4v) is 2.77. The number of hydrogen-bond donors (Lipinski definition) is 1. The van der Waals surface area contributed by atoms with Crippen molar-refractivity contribution in [3.8, 4) is 5.75 Å². The Kier molecular flexibility index (Phi) is 3.88. The fraction of sp³-hybridized carbons (Fsp3) is 0.571. The summed E-state index contributed by atoms with van der Waals surface area (Å²) in [5.41, 5.74) is 0.668. The summed E-state index contributed by atoms with van der Waals surface area (Å²) >= 11 is 0. The van der Waals surface area contributed by atoms with Crippen molar-refractivity contribution in [1.29, 1.82) is 0 Å². The first kappa shape index (κ1) is 13.3. The zero-order valence-corrected chi connectivity index (χ0v) is 11.2. The van der Waals surface area contributed by atoms with E-state index in [9.17, 15) is 9.50 Å². The maximum absolute atomic E-state index is 13.2. The number of nitrogens with zero attached hydrogens (tertiary/aromatic N) is 2. The average molecular weight is 252 g/mol. The molecule has 0 bridgehead atoms. The van der Waals surface area contributed by atoms with Gasteiger partial charge in [0.15, 0.2) is 0 Å². The van der Waals surface area contributed by atoms with E-state index in [1.807, 2.05) is 0 Å². The second-order valence-corrected chi connectivity index (χ2v) is 5.48. The van der Waals surface area contributed by atoms with E-state index in [1.54, 1.807) is 0 Å². The summed E-state index contributed by atoms with van der Waals surface area (Å²) in [5.74, 6) is 0.479. The van der Waals surface area contributed by atoms with Gasteiger partial charge in [0.1, 0.15) is 11.6 Å². The summed E-state index contributed by atoms with van der Waals surface area (Å²) in [4.78, 5) is 4.50. The highest BCUT2D eigenvalue weighted by atomic mass is 19.1. The van der Waals surface area contributed by atoms with Crippen molar-refractivity contribution in [3.63, 3.8) is 0 Å². The van der Waals surface area contributed by atoms with Gasteiger partial charge in [-0.15, -0.1) is 0 Å². The maximum Gasteiger partial charge on any atom is 0.123 e. The minimum atomic E-state index is -0.292. The van der Waals surface area contributed by atoms with Gasteiger partial charge in [-0.25, -0.2) is 4.39 Å². The molecule has 4 heteroatoms. The van der Waals surface area contributed by atoms with Gasteiger partial charge >= 0.3 is 0 Å². The van der Waals surface area contributed by atoms with Crippen LogP contribution in [0.1, 0.15) is 12.5 Å².